The third kappa shape index (κ3) is 4.42. The van der Waals surface area contributed by atoms with Crippen LogP contribution < -0.4 is 5.32 Å². The van der Waals surface area contributed by atoms with E-state index in [0.717, 1.165) is 45.8 Å². The van der Waals surface area contributed by atoms with Crippen LogP contribution in [0.3, 0.4) is 0 Å². The minimum absolute atomic E-state index is 0.257. The van der Waals surface area contributed by atoms with E-state index in [1.54, 1.807) is 0 Å². The second kappa shape index (κ2) is 8.32. The van der Waals surface area contributed by atoms with Crippen molar-refractivity contribution < 1.29 is 9.84 Å². The summed E-state index contributed by atoms with van der Waals surface area (Å²) in [6, 6.07) is 0.686. The lowest BCUT2D eigenvalue weighted by Crippen LogP contribution is -2.48. The molecule has 0 aromatic heterocycles. The number of rotatable bonds is 9. The Labute approximate surface area is 123 Å². The molecule has 0 aromatic rings. The molecule has 118 valence electrons. The summed E-state index contributed by atoms with van der Waals surface area (Å²) in [4.78, 5) is 2.54. The molecule has 1 saturated heterocycles. The predicted molar refractivity (Wildman–Crippen MR) is 81.9 cm³/mol. The fraction of sp³-hybridized carbons (Fsp3) is 1.00. The highest BCUT2D eigenvalue weighted by Gasteiger charge is 2.38. The molecule has 1 saturated carbocycles. The maximum Gasteiger partial charge on any atom is 0.0558 e. The number of hydrogen-bond acceptors (Lipinski definition) is 4. The standard InChI is InChI=1S/C16H32N2O2/c1-2-8-17-12-16(7-11-20-14-16)13-18(9-10-19)15-5-3-4-6-15/h15,17,19H,2-14H2,1H3. The van der Waals surface area contributed by atoms with E-state index in [-0.39, 0.29) is 12.0 Å². The van der Waals surface area contributed by atoms with Gasteiger partial charge in [0.15, 0.2) is 0 Å². The van der Waals surface area contributed by atoms with Crippen LogP contribution in [0.5, 0.6) is 0 Å². The zero-order chi connectivity index (χ0) is 14.3. The molecule has 2 fully saturated rings. The normalized spacial score (nSPS) is 27.8. The van der Waals surface area contributed by atoms with E-state index in [4.69, 9.17) is 4.74 Å². The predicted octanol–water partition coefficient (Wildman–Crippen LogP) is 1.63. The topological polar surface area (TPSA) is 44.7 Å². The fourth-order valence-corrected chi connectivity index (χ4v) is 3.72. The lowest BCUT2D eigenvalue weighted by atomic mass is 9.85. The maximum atomic E-state index is 9.38. The highest BCUT2D eigenvalue weighted by Crippen LogP contribution is 2.32. The average Bonchev–Trinajstić information content (AvgIpc) is 3.10. The van der Waals surface area contributed by atoms with E-state index in [1.807, 2.05) is 0 Å². The van der Waals surface area contributed by atoms with Gasteiger partial charge in [0.05, 0.1) is 13.2 Å². The van der Waals surface area contributed by atoms with Crippen LogP contribution in [0.25, 0.3) is 0 Å². The van der Waals surface area contributed by atoms with Gasteiger partial charge in [-0.3, -0.25) is 4.90 Å². The SMILES string of the molecule is CCCNCC1(CN(CCO)C2CCCC2)CCOC1. The van der Waals surface area contributed by atoms with Crippen LogP contribution >= 0.6 is 0 Å². The average molecular weight is 284 g/mol. The second-order valence-corrected chi connectivity index (χ2v) is 6.61. The highest BCUT2D eigenvalue weighted by molar-refractivity contribution is 4.91. The maximum absolute atomic E-state index is 9.38. The first-order valence-corrected chi connectivity index (χ1v) is 8.43. The summed E-state index contributed by atoms with van der Waals surface area (Å²) in [5.41, 5.74) is 0.257. The molecule has 2 aliphatic rings. The van der Waals surface area contributed by atoms with Crippen LogP contribution in [0.4, 0.5) is 0 Å². The van der Waals surface area contributed by atoms with Crippen molar-refractivity contribution in [1.82, 2.24) is 10.2 Å². The van der Waals surface area contributed by atoms with Crippen molar-refractivity contribution in [2.45, 2.75) is 51.5 Å². The van der Waals surface area contributed by atoms with Gasteiger partial charge >= 0.3 is 0 Å². The van der Waals surface area contributed by atoms with Crippen molar-refractivity contribution in [3.8, 4) is 0 Å². The first-order chi connectivity index (χ1) is 9.79. The smallest absolute Gasteiger partial charge is 0.0558 e. The Morgan fingerprint density at radius 2 is 2.15 bits per heavy atom. The fourth-order valence-electron chi connectivity index (χ4n) is 3.72. The van der Waals surface area contributed by atoms with Crippen LogP contribution in [0.15, 0.2) is 0 Å². The molecule has 0 bridgehead atoms. The number of ether oxygens (including phenoxy) is 1. The van der Waals surface area contributed by atoms with Crippen molar-refractivity contribution in [2.75, 3.05) is 46.0 Å². The molecule has 2 N–H and O–H groups in total. The highest BCUT2D eigenvalue weighted by atomic mass is 16.5. The van der Waals surface area contributed by atoms with Gasteiger partial charge in [0.1, 0.15) is 0 Å². The van der Waals surface area contributed by atoms with Gasteiger partial charge < -0.3 is 15.2 Å². The molecule has 0 spiro atoms. The first kappa shape index (κ1) is 16.2. The molecule has 1 aliphatic heterocycles. The Kier molecular flexibility index (Phi) is 6.75. The molecule has 1 atom stereocenters. The van der Waals surface area contributed by atoms with Gasteiger partial charge in [0.2, 0.25) is 0 Å². The lowest BCUT2D eigenvalue weighted by Gasteiger charge is -2.37. The van der Waals surface area contributed by atoms with E-state index in [2.05, 4.69) is 17.1 Å². The van der Waals surface area contributed by atoms with E-state index in [0.29, 0.717) is 6.04 Å². The molecule has 1 heterocycles. The number of nitrogens with zero attached hydrogens (tertiary/aromatic N) is 1. The number of hydrogen-bond donors (Lipinski definition) is 2. The van der Waals surface area contributed by atoms with Gasteiger partial charge in [0.25, 0.3) is 0 Å². The summed E-state index contributed by atoms with van der Waals surface area (Å²) in [7, 11) is 0. The largest absolute Gasteiger partial charge is 0.395 e. The van der Waals surface area contributed by atoms with Crippen LogP contribution in [-0.4, -0.2) is 62.0 Å². The van der Waals surface area contributed by atoms with Gasteiger partial charge in [-0.1, -0.05) is 19.8 Å². The summed E-state index contributed by atoms with van der Waals surface area (Å²) in [6.07, 6.45) is 7.64. The Hall–Kier alpha value is -0.160. The van der Waals surface area contributed by atoms with Crippen LogP contribution in [0.1, 0.15) is 45.4 Å². The van der Waals surface area contributed by atoms with Crippen LogP contribution in [0, 0.1) is 5.41 Å². The van der Waals surface area contributed by atoms with Crippen LogP contribution in [-0.2, 0) is 4.74 Å². The van der Waals surface area contributed by atoms with E-state index in [9.17, 15) is 5.11 Å². The molecule has 1 aliphatic carbocycles. The van der Waals surface area contributed by atoms with E-state index in [1.165, 1.54) is 32.1 Å². The van der Waals surface area contributed by atoms with Crippen molar-refractivity contribution >= 4 is 0 Å². The summed E-state index contributed by atoms with van der Waals surface area (Å²) >= 11 is 0. The zero-order valence-electron chi connectivity index (χ0n) is 13.1. The van der Waals surface area contributed by atoms with Gasteiger partial charge in [0, 0.05) is 37.7 Å². The third-order valence-corrected chi connectivity index (χ3v) is 4.88. The van der Waals surface area contributed by atoms with Crippen molar-refractivity contribution in [3.63, 3.8) is 0 Å². The Bertz CT molecular complexity index is 261. The Morgan fingerprint density at radius 1 is 1.35 bits per heavy atom. The number of aliphatic hydroxyl groups excluding tert-OH is 1. The summed E-state index contributed by atoms with van der Waals surface area (Å²) in [6.45, 7) is 8.29. The molecule has 0 radical (unpaired) electrons. The third-order valence-electron chi connectivity index (χ3n) is 4.88. The second-order valence-electron chi connectivity index (χ2n) is 6.61. The van der Waals surface area contributed by atoms with Gasteiger partial charge in [-0.05, 0) is 32.2 Å². The summed E-state index contributed by atoms with van der Waals surface area (Å²) in [5.74, 6) is 0. The Balaban J connectivity index is 1.92. The molecule has 20 heavy (non-hydrogen) atoms. The summed E-state index contributed by atoms with van der Waals surface area (Å²) < 4.78 is 5.70. The monoisotopic (exact) mass is 284 g/mol. The molecule has 4 nitrogen and oxygen atoms in total. The van der Waals surface area contributed by atoms with Gasteiger partial charge in [-0.15, -0.1) is 0 Å². The van der Waals surface area contributed by atoms with Gasteiger partial charge in [-0.25, -0.2) is 0 Å². The minimum atomic E-state index is 0.257. The number of aliphatic hydroxyl groups is 1. The minimum Gasteiger partial charge on any atom is -0.395 e. The zero-order valence-corrected chi connectivity index (χ0v) is 13.1. The first-order valence-electron chi connectivity index (χ1n) is 8.43. The molecular weight excluding hydrogens is 252 g/mol. The van der Waals surface area contributed by atoms with Crippen molar-refractivity contribution in [2.24, 2.45) is 5.41 Å². The van der Waals surface area contributed by atoms with Crippen LogP contribution in [0.2, 0.25) is 0 Å². The molecule has 2 rings (SSSR count). The molecule has 0 aromatic carbocycles. The molecule has 1 unspecified atom stereocenters. The lowest BCUT2D eigenvalue weighted by molar-refractivity contribution is 0.0726. The van der Waals surface area contributed by atoms with Crippen molar-refractivity contribution in [1.29, 1.82) is 0 Å². The van der Waals surface area contributed by atoms with E-state index < -0.39 is 0 Å². The molecule has 4 heteroatoms. The van der Waals surface area contributed by atoms with E-state index >= 15 is 0 Å². The van der Waals surface area contributed by atoms with Crippen molar-refractivity contribution in [3.05, 3.63) is 0 Å². The Morgan fingerprint density at radius 3 is 2.75 bits per heavy atom. The number of nitrogens with one attached hydrogen (secondary N) is 1. The molecular formula is C16H32N2O2. The molecule has 0 amide bonds. The quantitative estimate of drug-likeness (QED) is 0.632. The van der Waals surface area contributed by atoms with Gasteiger partial charge in [-0.2, -0.15) is 0 Å². The summed E-state index contributed by atoms with van der Waals surface area (Å²) in [5, 5.41) is 13.0.